The number of carbonyl (C=O) groups excluding carboxylic acids is 1. The summed E-state index contributed by atoms with van der Waals surface area (Å²) in [5, 5.41) is 16.1. The van der Waals surface area contributed by atoms with Crippen molar-refractivity contribution in [2.24, 2.45) is 0 Å². The Morgan fingerprint density at radius 3 is 2.71 bits per heavy atom. The summed E-state index contributed by atoms with van der Waals surface area (Å²) in [6.45, 7) is 3.88. The summed E-state index contributed by atoms with van der Waals surface area (Å²) in [6.07, 6.45) is 3.06. The predicted octanol–water partition coefficient (Wildman–Crippen LogP) is 3.49. The first-order valence-corrected chi connectivity index (χ1v) is 8.52. The monoisotopic (exact) mass is 343 g/mol. The van der Waals surface area contributed by atoms with E-state index in [-0.39, 0.29) is 5.91 Å². The molecule has 0 saturated heterocycles. The van der Waals surface area contributed by atoms with Crippen molar-refractivity contribution in [1.82, 2.24) is 20.3 Å². The van der Waals surface area contributed by atoms with E-state index in [2.05, 4.69) is 32.6 Å². The number of unbranched alkanes of at least 4 members (excludes halogenated alkanes) is 1. The molecular formula is C16H17N5O2S. The predicted molar refractivity (Wildman–Crippen MR) is 90.9 cm³/mol. The number of anilines is 1. The molecule has 0 spiro atoms. The van der Waals surface area contributed by atoms with E-state index in [1.807, 2.05) is 0 Å². The SMILES string of the molecule is CCCCc1nnc(NC(=O)c2ccc(-c3nc(C)no3)cc2)s1. The molecule has 0 aliphatic heterocycles. The minimum Gasteiger partial charge on any atom is -0.334 e. The van der Waals surface area contributed by atoms with Gasteiger partial charge in [0, 0.05) is 17.5 Å². The van der Waals surface area contributed by atoms with E-state index in [4.69, 9.17) is 4.52 Å². The van der Waals surface area contributed by atoms with Gasteiger partial charge in [-0.2, -0.15) is 4.98 Å². The van der Waals surface area contributed by atoms with Crippen LogP contribution in [-0.2, 0) is 6.42 Å². The summed E-state index contributed by atoms with van der Waals surface area (Å²) in [4.78, 5) is 16.4. The van der Waals surface area contributed by atoms with Crippen molar-refractivity contribution in [3.05, 3.63) is 40.7 Å². The number of carbonyl (C=O) groups is 1. The number of benzene rings is 1. The van der Waals surface area contributed by atoms with Gasteiger partial charge in [-0.3, -0.25) is 10.1 Å². The zero-order chi connectivity index (χ0) is 16.9. The van der Waals surface area contributed by atoms with Gasteiger partial charge in [0.1, 0.15) is 5.01 Å². The lowest BCUT2D eigenvalue weighted by molar-refractivity contribution is 0.102. The van der Waals surface area contributed by atoms with Crippen LogP contribution in [0.25, 0.3) is 11.5 Å². The van der Waals surface area contributed by atoms with Gasteiger partial charge in [-0.05, 0) is 37.6 Å². The standard InChI is InChI=1S/C16H17N5O2S/c1-3-4-5-13-19-20-16(24-13)18-14(22)11-6-8-12(9-7-11)15-17-10(2)21-23-15/h6-9H,3-5H2,1-2H3,(H,18,20,22). The van der Waals surface area contributed by atoms with Crippen molar-refractivity contribution in [3.63, 3.8) is 0 Å². The molecule has 2 aromatic heterocycles. The quantitative estimate of drug-likeness (QED) is 0.736. The fraction of sp³-hybridized carbons (Fsp3) is 0.312. The number of amides is 1. The fourth-order valence-electron chi connectivity index (χ4n) is 2.08. The summed E-state index contributed by atoms with van der Waals surface area (Å²) in [5.41, 5.74) is 1.30. The molecular weight excluding hydrogens is 326 g/mol. The number of rotatable bonds is 6. The number of nitrogens with one attached hydrogen (secondary N) is 1. The van der Waals surface area contributed by atoms with E-state index in [0.717, 1.165) is 29.8 Å². The van der Waals surface area contributed by atoms with Crippen LogP contribution in [0.15, 0.2) is 28.8 Å². The van der Waals surface area contributed by atoms with Crippen molar-refractivity contribution in [2.75, 3.05) is 5.32 Å². The van der Waals surface area contributed by atoms with Gasteiger partial charge in [-0.15, -0.1) is 10.2 Å². The second-order valence-corrected chi connectivity index (χ2v) is 6.34. The van der Waals surface area contributed by atoms with Crippen LogP contribution < -0.4 is 5.32 Å². The third-order valence-electron chi connectivity index (χ3n) is 3.35. The molecule has 24 heavy (non-hydrogen) atoms. The van der Waals surface area contributed by atoms with Crippen LogP contribution >= 0.6 is 11.3 Å². The summed E-state index contributed by atoms with van der Waals surface area (Å²) < 4.78 is 5.10. The summed E-state index contributed by atoms with van der Waals surface area (Å²) in [7, 11) is 0. The highest BCUT2D eigenvalue weighted by atomic mass is 32.1. The molecule has 124 valence electrons. The minimum absolute atomic E-state index is 0.221. The van der Waals surface area contributed by atoms with E-state index < -0.39 is 0 Å². The molecule has 0 bridgehead atoms. The van der Waals surface area contributed by atoms with Crippen molar-refractivity contribution in [3.8, 4) is 11.5 Å². The van der Waals surface area contributed by atoms with Gasteiger partial charge in [0.2, 0.25) is 5.13 Å². The minimum atomic E-state index is -0.221. The second-order valence-electron chi connectivity index (χ2n) is 5.28. The van der Waals surface area contributed by atoms with Crippen molar-refractivity contribution < 1.29 is 9.32 Å². The number of hydrogen-bond donors (Lipinski definition) is 1. The maximum Gasteiger partial charge on any atom is 0.257 e. The summed E-state index contributed by atoms with van der Waals surface area (Å²) >= 11 is 1.41. The summed E-state index contributed by atoms with van der Waals surface area (Å²) in [5.74, 6) is 0.785. The Morgan fingerprint density at radius 1 is 1.25 bits per heavy atom. The zero-order valence-corrected chi connectivity index (χ0v) is 14.3. The highest BCUT2D eigenvalue weighted by Gasteiger charge is 2.12. The molecule has 0 radical (unpaired) electrons. The molecule has 3 aromatic rings. The Morgan fingerprint density at radius 2 is 2.04 bits per heavy atom. The number of aryl methyl sites for hydroxylation is 2. The molecule has 1 amide bonds. The second kappa shape index (κ2) is 7.31. The van der Waals surface area contributed by atoms with Gasteiger partial charge in [-0.25, -0.2) is 0 Å². The first-order chi connectivity index (χ1) is 11.7. The highest BCUT2D eigenvalue weighted by Crippen LogP contribution is 2.20. The lowest BCUT2D eigenvalue weighted by Gasteiger charge is -2.01. The Balaban J connectivity index is 1.65. The number of nitrogens with zero attached hydrogens (tertiary/aromatic N) is 4. The third-order valence-corrected chi connectivity index (χ3v) is 4.25. The van der Waals surface area contributed by atoms with Crippen LogP contribution in [0.3, 0.4) is 0 Å². The molecule has 0 aliphatic rings. The number of aromatic nitrogens is 4. The van der Waals surface area contributed by atoms with Crippen molar-refractivity contribution in [1.29, 1.82) is 0 Å². The van der Waals surface area contributed by atoms with Gasteiger partial charge < -0.3 is 4.52 Å². The van der Waals surface area contributed by atoms with Crippen molar-refractivity contribution >= 4 is 22.4 Å². The molecule has 1 aromatic carbocycles. The van der Waals surface area contributed by atoms with E-state index in [1.54, 1.807) is 31.2 Å². The Bertz CT molecular complexity index is 825. The molecule has 2 heterocycles. The molecule has 0 aliphatic carbocycles. The topological polar surface area (TPSA) is 93.8 Å². The highest BCUT2D eigenvalue weighted by molar-refractivity contribution is 7.15. The number of hydrogen-bond acceptors (Lipinski definition) is 7. The van der Waals surface area contributed by atoms with E-state index in [1.165, 1.54) is 11.3 Å². The van der Waals surface area contributed by atoms with Crippen LogP contribution in [-0.4, -0.2) is 26.2 Å². The Labute approximate surface area is 143 Å². The molecule has 0 atom stereocenters. The Hall–Kier alpha value is -2.61. The molecule has 8 heteroatoms. The maximum absolute atomic E-state index is 12.3. The third kappa shape index (κ3) is 3.83. The molecule has 1 N–H and O–H groups in total. The molecule has 0 unspecified atom stereocenters. The lowest BCUT2D eigenvalue weighted by atomic mass is 10.1. The lowest BCUT2D eigenvalue weighted by Crippen LogP contribution is -2.11. The van der Waals surface area contributed by atoms with Crippen LogP contribution in [0.1, 0.15) is 41.0 Å². The zero-order valence-electron chi connectivity index (χ0n) is 13.4. The van der Waals surface area contributed by atoms with Crippen LogP contribution in [0.4, 0.5) is 5.13 Å². The molecule has 3 rings (SSSR count). The molecule has 0 fully saturated rings. The van der Waals surface area contributed by atoms with E-state index >= 15 is 0 Å². The Kier molecular flexibility index (Phi) is 4.95. The van der Waals surface area contributed by atoms with Crippen LogP contribution in [0.2, 0.25) is 0 Å². The fourth-order valence-corrected chi connectivity index (χ4v) is 2.86. The average Bonchev–Trinajstić information content (AvgIpc) is 3.22. The first kappa shape index (κ1) is 16.3. The van der Waals surface area contributed by atoms with Crippen LogP contribution in [0.5, 0.6) is 0 Å². The summed E-state index contributed by atoms with van der Waals surface area (Å²) in [6, 6.07) is 6.97. The molecule has 0 saturated carbocycles. The smallest absolute Gasteiger partial charge is 0.257 e. The van der Waals surface area contributed by atoms with Gasteiger partial charge in [-0.1, -0.05) is 29.8 Å². The maximum atomic E-state index is 12.3. The van der Waals surface area contributed by atoms with Crippen LogP contribution in [0, 0.1) is 6.92 Å². The largest absolute Gasteiger partial charge is 0.334 e. The van der Waals surface area contributed by atoms with Gasteiger partial charge in [0.05, 0.1) is 0 Å². The van der Waals surface area contributed by atoms with Gasteiger partial charge in [0.25, 0.3) is 11.8 Å². The van der Waals surface area contributed by atoms with Gasteiger partial charge in [0.15, 0.2) is 5.82 Å². The molecule has 7 nitrogen and oxygen atoms in total. The van der Waals surface area contributed by atoms with Gasteiger partial charge >= 0.3 is 0 Å². The normalized spacial score (nSPS) is 10.8. The van der Waals surface area contributed by atoms with Crippen molar-refractivity contribution in [2.45, 2.75) is 33.1 Å². The average molecular weight is 343 g/mol. The van der Waals surface area contributed by atoms with E-state index in [0.29, 0.717) is 22.4 Å². The van der Waals surface area contributed by atoms with E-state index in [9.17, 15) is 4.79 Å². The first-order valence-electron chi connectivity index (χ1n) is 7.70.